The fourth-order valence-corrected chi connectivity index (χ4v) is 2.16. The quantitative estimate of drug-likeness (QED) is 0.847. The molecule has 0 atom stereocenters. The third-order valence-corrected chi connectivity index (χ3v) is 3.34. The molecular weight excluding hydrogens is 332 g/mol. The lowest BCUT2D eigenvalue weighted by molar-refractivity contribution is 0.304. The highest BCUT2D eigenvalue weighted by Crippen LogP contribution is 2.24. The maximum atomic E-state index is 9.08. The van der Waals surface area contributed by atoms with E-state index in [-0.39, 0.29) is 0 Å². The van der Waals surface area contributed by atoms with Crippen molar-refractivity contribution >= 4 is 15.9 Å². The molecule has 0 unspecified atom stereocenters. The van der Waals surface area contributed by atoms with E-state index in [0.717, 1.165) is 10.0 Å². The molecule has 5 heteroatoms. The standard InChI is InChI=1S/C16H11BrN2O2/c1-20-16-6-11(2-3-12(16)8-18)10-21-15-5-4-14(17)7-13(15)9-19/h2-7H,10H2,1H3. The molecule has 0 radical (unpaired) electrons. The van der Waals surface area contributed by atoms with Crippen LogP contribution in [0.2, 0.25) is 0 Å². The first-order valence-corrected chi connectivity index (χ1v) is 6.86. The Morgan fingerprint density at radius 2 is 1.76 bits per heavy atom. The third-order valence-electron chi connectivity index (χ3n) is 2.84. The van der Waals surface area contributed by atoms with Crippen molar-refractivity contribution in [1.82, 2.24) is 0 Å². The number of benzene rings is 2. The first kappa shape index (κ1) is 14.9. The fraction of sp³-hybridized carbons (Fsp3) is 0.125. The molecule has 4 nitrogen and oxygen atoms in total. The summed E-state index contributed by atoms with van der Waals surface area (Å²) in [5.41, 5.74) is 1.80. The highest BCUT2D eigenvalue weighted by molar-refractivity contribution is 9.10. The summed E-state index contributed by atoms with van der Waals surface area (Å²) in [6.07, 6.45) is 0. The van der Waals surface area contributed by atoms with Crippen molar-refractivity contribution in [3.05, 3.63) is 57.6 Å². The summed E-state index contributed by atoms with van der Waals surface area (Å²) < 4.78 is 11.6. The third kappa shape index (κ3) is 3.53. The lowest BCUT2D eigenvalue weighted by Crippen LogP contribution is -1.99. The van der Waals surface area contributed by atoms with Crippen LogP contribution in [0.15, 0.2) is 40.9 Å². The van der Waals surface area contributed by atoms with Gasteiger partial charge in [0.05, 0.1) is 18.2 Å². The number of methoxy groups -OCH3 is 1. The predicted octanol–water partition coefficient (Wildman–Crippen LogP) is 3.78. The molecule has 0 spiro atoms. The topological polar surface area (TPSA) is 66.0 Å². The van der Waals surface area contributed by atoms with E-state index in [1.807, 2.05) is 6.07 Å². The highest BCUT2D eigenvalue weighted by Gasteiger charge is 2.07. The summed E-state index contributed by atoms with van der Waals surface area (Å²) in [5.74, 6) is 1.03. The van der Waals surface area contributed by atoms with E-state index in [0.29, 0.717) is 29.2 Å². The maximum Gasteiger partial charge on any atom is 0.137 e. The van der Waals surface area contributed by atoms with Crippen molar-refractivity contribution in [2.24, 2.45) is 0 Å². The minimum absolute atomic E-state index is 0.290. The zero-order chi connectivity index (χ0) is 15.2. The van der Waals surface area contributed by atoms with E-state index < -0.39 is 0 Å². The van der Waals surface area contributed by atoms with Crippen LogP contribution < -0.4 is 9.47 Å². The molecule has 0 aliphatic rings. The van der Waals surface area contributed by atoms with Crippen molar-refractivity contribution in [2.45, 2.75) is 6.61 Å². The smallest absolute Gasteiger partial charge is 0.137 e. The summed E-state index contributed by atoms with van der Waals surface area (Å²) in [5, 5.41) is 18.0. The molecule has 0 aliphatic carbocycles. The van der Waals surface area contributed by atoms with Gasteiger partial charge in [0.1, 0.15) is 30.2 Å². The van der Waals surface area contributed by atoms with Gasteiger partial charge in [-0.1, -0.05) is 22.0 Å². The van der Waals surface area contributed by atoms with Crippen molar-refractivity contribution in [2.75, 3.05) is 7.11 Å². The van der Waals surface area contributed by atoms with Crippen LogP contribution in [0.4, 0.5) is 0 Å². The molecule has 0 heterocycles. The van der Waals surface area contributed by atoms with Gasteiger partial charge < -0.3 is 9.47 Å². The largest absolute Gasteiger partial charge is 0.495 e. The minimum Gasteiger partial charge on any atom is -0.495 e. The Kier molecular flexibility index (Phi) is 4.81. The molecule has 0 N–H and O–H groups in total. The first-order valence-electron chi connectivity index (χ1n) is 6.07. The van der Waals surface area contributed by atoms with E-state index >= 15 is 0 Å². The van der Waals surface area contributed by atoms with Crippen LogP contribution >= 0.6 is 15.9 Å². The monoisotopic (exact) mass is 342 g/mol. The summed E-state index contributed by atoms with van der Waals surface area (Å²) in [6.45, 7) is 0.290. The minimum atomic E-state index is 0.290. The molecule has 0 bridgehead atoms. The summed E-state index contributed by atoms with van der Waals surface area (Å²) in [4.78, 5) is 0. The molecular formula is C16H11BrN2O2. The second-order valence-corrected chi connectivity index (χ2v) is 5.10. The Balaban J connectivity index is 2.18. The summed E-state index contributed by atoms with van der Waals surface area (Å²) in [6, 6.07) is 14.6. The van der Waals surface area contributed by atoms with Gasteiger partial charge in [-0.15, -0.1) is 0 Å². The maximum absolute atomic E-state index is 9.08. The van der Waals surface area contributed by atoms with Gasteiger partial charge in [-0.2, -0.15) is 10.5 Å². The normalized spacial score (nSPS) is 9.52. The molecule has 0 aromatic heterocycles. The zero-order valence-corrected chi connectivity index (χ0v) is 12.8. The predicted molar refractivity (Wildman–Crippen MR) is 80.9 cm³/mol. The Bertz CT molecular complexity index is 745. The van der Waals surface area contributed by atoms with Gasteiger partial charge in [-0.05, 0) is 35.9 Å². The van der Waals surface area contributed by atoms with Crippen molar-refractivity contribution < 1.29 is 9.47 Å². The van der Waals surface area contributed by atoms with Gasteiger partial charge in [-0.3, -0.25) is 0 Å². The van der Waals surface area contributed by atoms with Crippen LogP contribution in [0.25, 0.3) is 0 Å². The average molecular weight is 343 g/mol. The molecule has 2 aromatic rings. The Hall–Kier alpha value is -2.50. The summed E-state index contributed by atoms with van der Waals surface area (Å²) in [7, 11) is 1.52. The van der Waals surface area contributed by atoms with E-state index in [1.54, 1.807) is 30.3 Å². The fourth-order valence-electron chi connectivity index (χ4n) is 1.79. The first-order chi connectivity index (χ1) is 10.2. The molecule has 0 fully saturated rings. The van der Waals surface area contributed by atoms with Crippen molar-refractivity contribution in [3.8, 4) is 23.6 Å². The van der Waals surface area contributed by atoms with Gasteiger partial charge in [0.15, 0.2) is 0 Å². The molecule has 0 saturated heterocycles. The van der Waals surface area contributed by atoms with E-state index in [2.05, 4.69) is 28.1 Å². The van der Waals surface area contributed by atoms with Crippen LogP contribution in [-0.4, -0.2) is 7.11 Å². The van der Waals surface area contributed by atoms with Crippen molar-refractivity contribution in [3.63, 3.8) is 0 Å². The second kappa shape index (κ2) is 6.78. The van der Waals surface area contributed by atoms with Crippen LogP contribution in [-0.2, 0) is 6.61 Å². The number of hydrogen-bond donors (Lipinski definition) is 0. The molecule has 2 aromatic carbocycles. The Morgan fingerprint density at radius 3 is 2.43 bits per heavy atom. The molecule has 104 valence electrons. The van der Waals surface area contributed by atoms with Crippen LogP contribution in [0, 0.1) is 22.7 Å². The molecule has 2 rings (SSSR count). The molecule has 0 amide bonds. The number of nitrogens with zero attached hydrogens (tertiary/aromatic N) is 2. The molecule has 21 heavy (non-hydrogen) atoms. The van der Waals surface area contributed by atoms with Gasteiger partial charge in [0.25, 0.3) is 0 Å². The van der Waals surface area contributed by atoms with Gasteiger partial charge in [-0.25, -0.2) is 0 Å². The van der Waals surface area contributed by atoms with E-state index in [1.165, 1.54) is 7.11 Å². The zero-order valence-electron chi connectivity index (χ0n) is 11.3. The van der Waals surface area contributed by atoms with Gasteiger partial charge in [0.2, 0.25) is 0 Å². The van der Waals surface area contributed by atoms with Crippen molar-refractivity contribution in [1.29, 1.82) is 10.5 Å². The number of halogens is 1. The van der Waals surface area contributed by atoms with E-state index in [9.17, 15) is 0 Å². The van der Waals surface area contributed by atoms with Crippen LogP contribution in [0.3, 0.4) is 0 Å². The SMILES string of the molecule is COc1cc(COc2ccc(Br)cc2C#N)ccc1C#N. The lowest BCUT2D eigenvalue weighted by atomic mass is 10.1. The Labute approximate surface area is 131 Å². The summed E-state index contributed by atoms with van der Waals surface area (Å²) >= 11 is 3.31. The van der Waals surface area contributed by atoms with E-state index in [4.69, 9.17) is 20.0 Å². The molecule has 0 saturated carbocycles. The lowest BCUT2D eigenvalue weighted by Gasteiger charge is -2.10. The second-order valence-electron chi connectivity index (χ2n) is 4.19. The van der Waals surface area contributed by atoms with Gasteiger partial charge in [0, 0.05) is 4.47 Å². The molecule has 0 aliphatic heterocycles. The Morgan fingerprint density at radius 1 is 1.00 bits per heavy atom. The van der Waals surface area contributed by atoms with Gasteiger partial charge >= 0.3 is 0 Å². The number of nitriles is 2. The average Bonchev–Trinajstić information content (AvgIpc) is 2.53. The van der Waals surface area contributed by atoms with Crippen LogP contribution in [0.5, 0.6) is 11.5 Å². The number of ether oxygens (including phenoxy) is 2. The number of rotatable bonds is 4. The van der Waals surface area contributed by atoms with Crippen LogP contribution in [0.1, 0.15) is 16.7 Å². The highest BCUT2D eigenvalue weighted by atomic mass is 79.9. The number of hydrogen-bond acceptors (Lipinski definition) is 4.